The van der Waals surface area contributed by atoms with Crippen LogP contribution in [-0.2, 0) is 10.9 Å². The number of nitrogens with zero attached hydrogens (tertiary/aromatic N) is 2. The van der Waals surface area contributed by atoms with Crippen molar-refractivity contribution in [1.29, 1.82) is 0 Å². The Hall–Kier alpha value is -3.54. The molecule has 0 spiro atoms. The zero-order valence-corrected chi connectivity index (χ0v) is 16.6. The van der Waals surface area contributed by atoms with Crippen LogP contribution in [0, 0.1) is 0 Å². The molecule has 0 radical (unpaired) electrons. The van der Waals surface area contributed by atoms with E-state index in [9.17, 15) is 18.0 Å². The summed E-state index contributed by atoms with van der Waals surface area (Å²) >= 11 is 0. The van der Waals surface area contributed by atoms with Gasteiger partial charge < -0.3 is 29.8 Å². The third kappa shape index (κ3) is 3.66. The first kappa shape index (κ1) is 20.4. The van der Waals surface area contributed by atoms with Gasteiger partial charge in [-0.15, -0.1) is 0 Å². The van der Waals surface area contributed by atoms with E-state index in [4.69, 9.17) is 14.2 Å². The highest BCUT2D eigenvalue weighted by Crippen LogP contribution is 2.42. The fraction of sp³-hybridized carbons (Fsp3) is 0.350. The molecule has 1 fully saturated rings. The van der Waals surface area contributed by atoms with Crippen LogP contribution in [0.25, 0.3) is 11.0 Å². The van der Waals surface area contributed by atoms with Crippen LogP contribution >= 0.6 is 0 Å². The molecule has 9 nitrogen and oxygen atoms in total. The van der Waals surface area contributed by atoms with Gasteiger partial charge in [0.1, 0.15) is 24.7 Å². The van der Waals surface area contributed by atoms with E-state index in [1.807, 2.05) is 0 Å². The molecule has 5 rings (SSSR count). The lowest BCUT2D eigenvalue weighted by Crippen LogP contribution is -2.21. The number of halogens is 3. The summed E-state index contributed by atoms with van der Waals surface area (Å²) in [5.41, 5.74) is -0.0940. The highest BCUT2D eigenvalue weighted by molar-refractivity contribution is 5.92. The van der Waals surface area contributed by atoms with E-state index in [2.05, 4.69) is 25.6 Å². The van der Waals surface area contributed by atoms with Crippen LogP contribution in [0.4, 0.5) is 30.6 Å². The van der Waals surface area contributed by atoms with Crippen molar-refractivity contribution in [2.24, 2.45) is 0 Å². The van der Waals surface area contributed by atoms with E-state index in [1.165, 1.54) is 0 Å². The van der Waals surface area contributed by atoms with Crippen LogP contribution < -0.4 is 20.1 Å². The summed E-state index contributed by atoms with van der Waals surface area (Å²) in [5, 5.41) is 5.88. The third-order valence-corrected chi connectivity index (χ3v) is 5.20. The summed E-state index contributed by atoms with van der Waals surface area (Å²) in [5.74, 6) is 0.686. The maximum absolute atomic E-state index is 13.5. The van der Waals surface area contributed by atoms with Crippen LogP contribution in [0.3, 0.4) is 0 Å². The standard InChI is InChI=1S/C20H18F3N5O4/c21-20(22,23)12-7-24-17-14(12)18(25-11-3-4-30-9-11)28-19(27-17)26-13-2-1-10(8-29)15-16(13)32-6-5-31-15/h1-2,7-8,11H,3-6,9H2,(H3,24,25,26,27,28). The molecule has 4 heterocycles. The SMILES string of the molecule is O=Cc1ccc(Nc2nc(NC3CCOC3)c3c(C(F)(F)F)c[nH]c3n2)c2c1OCCO2. The number of H-pyrrole nitrogens is 1. The smallest absolute Gasteiger partial charge is 0.418 e. The van der Waals surface area contributed by atoms with Gasteiger partial charge in [0, 0.05) is 12.8 Å². The molecule has 32 heavy (non-hydrogen) atoms. The summed E-state index contributed by atoms with van der Waals surface area (Å²) in [6, 6.07) is 2.97. The van der Waals surface area contributed by atoms with Gasteiger partial charge in [-0.3, -0.25) is 4.79 Å². The number of carbonyl (C=O) groups excluding carboxylic acids is 1. The van der Waals surface area contributed by atoms with Crippen LogP contribution in [0.15, 0.2) is 18.3 Å². The van der Waals surface area contributed by atoms with E-state index in [0.29, 0.717) is 49.5 Å². The lowest BCUT2D eigenvalue weighted by atomic mass is 10.1. The predicted molar refractivity (Wildman–Crippen MR) is 108 cm³/mol. The minimum absolute atomic E-state index is 0.0202. The topological polar surface area (TPSA) is 110 Å². The normalized spacial score (nSPS) is 18.0. The van der Waals surface area contributed by atoms with Gasteiger partial charge >= 0.3 is 6.18 Å². The van der Waals surface area contributed by atoms with Crippen LogP contribution in [0.2, 0.25) is 0 Å². The van der Waals surface area contributed by atoms with Gasteiger partial charge in [0.2, 0.25) is 5.95 Å². The fourth-order valence-corrected chi connectivity index (χ4v) is 3.73. The van der Waals surface area contributed by atoms with Crippen molar-refractivity contribution in [3.8, 4) is 11.5 Å². The van der Waals surface area contributed by atoms with E-state index in [-0.39, 0.29) is 41.2 Å². The van der Waals surface area contributed by atoms with Gasteiger partial charge in [-0.25, -0.2) is 0 Å². The maximum Gasteiger partial charge on any atom is 0.418 e. The average molecular weight is 449 g/mol. The zero-order valence-electron chi connectivity index (χ0n) is 16.6. The second-order valence-corrected chi connectivity index (χ2v) is 7.32. The Kier molecular flexibility index (Phi) is 5.00. The first-order valence-corrected chi connectivity index (χ1v) is 9.89. The van der Waals surface area contributed by atoms with Crippen molar-refractivity contribution in [3.63, 3.8) is 0 Å². The number of hydrogen-bond donors (Lipinski definition) is 3. The summed E-state index contributed by atoms with van der Waals surface area (Å²) < 4.78 is 57.2. The minimum Gasteiger partial charge on any atom is -0.485 e. The first-order chi connectivity index (χ1) is 15.4. The van der Waals surface area contributed by atoms with Crippen molar-refractivity contribution in [2.45, 2.75) is 18.6 Å². The van der Waals surface area contributed by atoms with Crippen LogP contribution in [-0.4, -0.2) is 53.7 Å². The Bertz CT molecular complexity index is 1170. The summed E-state index contributed by atoms with van der Waals surface area (Å²) in [4.78, 5) is 22.4. The van der Waals surface area contributed by atoms with Crippen molar-refractivity contribution < 1.29 is 32.2 Å². The van der Waals surface area contributed by atoms with Gasteiger partial charge in [0.25, 0.3) is 0 Å². The van der Waals surface area contributed by atoms with Gasteiger partial charge in [-0.1, -0.05) is 0 Å². The fourth-order valence-electron chi connectivity index (χ4n) is 3.73. The Labute approximate surface area is 179 Å². The van der Waals surface area contributed by atoms with Crippen molar-refractivity contribution in [3.05, 3.63) is 29.5 Å². The molecule has 168 valence electrons. The highest BCUT2D eigenvalue weighted by Gasteiger charge is 2.36. The molecule has 1 aromatic carbocycles. The molecule has 1 unspecified atom stereocenters. The number of benzene rings is 1. The molecule has 3 aromatic rings. The van der Waals surface area contributed by atoms with Gasteiger partial charge in [0.15, 0.2) is 17.8 Å². The number of fused-ring (bicyclic) bond motifs is 2. The Morgan fingerprint density at radius 2 is 1.94 bits per heavy atom. The number of anilines is 3. The molecule has 0 amide bonds. The number of aromatic amines is 1. The second-order valence-electron chi connectivity index (χ2n) is 7.32. The molecule has 3 N–H and O–H groups in total. The minimum atomic E-state index is -4.58. The Balaban J connectivity index is 1.57. The van der Waals surface area contributed by atoms with Crippen molar-refractivity contribution in [1.82, 2.24) is 15.0 Å². The summed E-state index contributed by atoms with van der Waals surface area (Å²) in [6.07, 6.45) is -2.40. The number of rotatable bonds is 5. The van der Waals surface area contributed by atoms with Gasteiger partial charge in [0.05, 0.1) is 34.8 Å². The largest absolute Gasteiger partial charge is 0.485 e. The second kappa shape index (κ2) is 7.86. The number of hydrogen-bond acceptors (Lipinski definition) is 8. The number of nitrogens with one attached hydrogen (secondary N) is 3. The van der Waals surface area contributed by atoms with Crippen LogP contribution in [0.1, 0.15) is 22.3 Å². The van der Waals surface area contributed by atoms with Crippen molar-refractivity contribution in [2.75, 3.05) is 37.1 Å². The quantitative estimate of drug-likeness (QED) is 0.508. The number of alkyl halides is 3. The number of aldehydes is 1. The monoisotopic (exact) mass is 449 g/mol. The number of ether oxygens (including phenoxy) is 3. The first-order valence-electron chi connectivity index (χ1n) is 9.89. The average Bonchev–Trinajstić information content (AvgIpc) is 3.44. The van der Waals surface area contributed by atoms with E-state index >= 15 is 0 Å². The molecule has 0 saturated carbocycles. The molecule has 12 heteroatoms. The maximum atomic E-state index is 13.5. The lowest BCUT2D eigenvalue weighted by Gasteiger charge is -2.22. The summed E-state index contributed by atoms with van der Waals surface area (Å²) in [7, 11) is 0. The number of aromatic nitrogens is 3. The number of carbonyl (C=O) groups is 1. The molecular formula is C20H18F3N5O4. The van der Waals surface area contributed by atoms with E-state index in [0.717, 1.165) is 6.20 Å². The lowest BCUT2D eigenvalue weighted by molar-refractivity contribution is -0.136. The molecule has 2 aromatic heterocycles. The van der Waals surface area contributed by atoms with E-state index < -0.39 is 11.7 Å². The van der Waals surface area contributed by atoms with E-state index in [1.54, 1.807) is 12.1 Å². The zero-order chi connectivity index (χ0) is 22.3. The molecule has 0 bridgehead atoms. The Morgan fingerprint density at radius 1 is 1.12 bits per heavy atom. The molecule has 1 atom stereocenters. The molecule has 2 aliphatic heterocycles. The molecule has 0 aliphatic carbocycles. The summed E-state index contributed by atoms with van der Waals surface area (Å²) in [6.45, 7) is 1.46. The molecule has 2 aliphatic rings. The van der Waals surface area contributed by atoms with Crippen molar-refractivity contribution >= 4 is 34.8 Å². The highest BCUT2D eigenvalue weighted by atomic mass is 19.4. The Morgan fingerprint density at radius 3 is 2.66 bits per heavy atom. The van der Waals surface area contributed by atoms with Crippen LogP contribution in [0.5, 0.6) is 11.5 Å². The molecular weight excluding hydrogens is 431 g/mol. The molecule has 1 saturated heterocycles. The van der Waals surface area contributed by atoms with Gasteiger partial charge in [-0.2, -0.15) is 23.1 Å². The predicted octanol–water partition coefficient (Wildman–Crippen LogP) is 3.50. The third-order valence-electron chi connectivity index (χ3n) is 5.20. The van der Waals surface area contributed by atoms with Gasteiger partial charge in [-0.05, 0) is 18.6 Å².